The van der Waals surface area contributed by atoms with E-state index >= 15 is 0 Å². The Morgan fingerprint density at radius 3 is 2.61 bits per heavy atom. The molecule has 102 valence electrons. The molecule has 18 heavy (non-hydrogen) atoms. The first-order chi connectivity index (χ1) is 8.66. The second kappa shape index (κ2) is 4.82. The van der Waals surface area contributed by atoms with Gasteiger partial charge in [-0.05, 0) is 32.1 Å². The summed E-state index contributed by atoms with van der Waals surface area (Å²) in [6.45, 7) is 0. The van der Waals surface area contributed by atoms with E-state index in [0.717, 1.165) is 38.5 Å². The molecule has 0 spiro atoms. The maximum Gasteiger partial charge on any atom is 0.227 e. The third kappa shape index (κ3) is 2.05. The van der Waals surface area contributed by atoms with Crippen LogP contribution in [-0.4, -0.2) is 47.2 Å². The molecule has 1 aliphatic carbocycles. The molecule has 3 fully saturated rings. The summed E-state index contributed by atoms with van der Waals surface area (Å²) in [7, 11) is 1.88. The summed E-state index contributed by atoms with van der Waals surface area (Å²) in [6, 6.07) is 1.00. The van der Waals surface area contributed by atoms with Gasteiger partial charge in [0.2, 0.25) is 5.91 Å². The van der Waals surface area contributed by atoms with Crippen molar-refractivity contribution in [1.82, 2.24) is 10.2 Å². The lowest BCUT2D eigenvalue weighted by Gasteiger charge is -2.37. The van der Waals surface area contributed by atoms with Crippen LogP contribution in [0.2, 0.25) is 0 Å². The van der Waals surface area contributed by atoms with E-state index in [2.05, 4.69) is 5.32 Å². The van der Waals surface area contributed by atoms with Gasteiger partial charge in [0.1, 0.15) is 0 Å². The van der Waals surface area contributed by atoms with Crippen LogP contribution in [0.4, 0.5) is 0 Å². The molecule has 0 aromatic rings. The zero-order valence-corrected chi connectivity index (χ0v) is 11.1. The molecule has 3 aliphatic rings. The summed E-state index contributed by atoms with van der Waals surface area (Å²) >= 11 is 0. The van der Waals surface area contributed by atoms with Gasteiger partial charge in [-0.2, -0.15) is 0 Å². The van der Waals surface area contributed by atoms with Gasteiger partial charge in [-0.1, -0.05) is 12.8 Å². The summed E-state index contributed by atoms with van der Waals surface area (Å²) in [5.41, 5.74) is 0. The molecule has 2 heterocycles. The maximum atomic E-state index is 12.6. The topological polar surface area (TPSA) is 52.6 Å². The molecule has 5 unspecified atom stereocenters. The zero-order chi connectivity index (χ0) is 12.7. The fourth-order valence-electron chi connectivity index (χ4n) is 4.07. The van der Waals surface area contributed by atoms with E-state index in [0.29, 0.717) is 12.1 Å². The Hall–Kier alpha value is -0.610. The van der Waals surface area contributed by atoms with Gasteiger partial charge in [0.25, 0.3) is 0 Å². The lowest BCUT2D eigenvalue weighted by Crippen LogP contribution is -2.50. The normalized spacial score (nSPS) is 43.1. The number of aliphatic hydroxyl groups excluding tert-OH is 1. The molecule has 0 aromatic carbocycles. The number of carbonyl (C=O) groups excluding carboxylic acids is 1. The van der Waals surface area contributed by atoms with Gasteiger partial charge in [0.15, 0.2) is 0 Å². The van der Waals surface area contributed by atoms with Crippen molar-refractivity contribution in [2.45, 2.75) is 69.2 Å². The smallest absolute Gasteiger partial charge is 0.227 e. The lowest BCUT2D eigenvalue weighted by molar-refractivity contribution is -0.140. The van der Waals surface area contributed by atoms with Crippen molar-refractivity contribution in [3.63, 3.8) is 0 Å². The molecule has 4 nitrogen and oxygen atoms in total. The minimum Gasteiger partial charge on any atom is -0.391 e. The van der Waals surface area contributed by atoms with E-state index in [-0.39, 0.29) is 24.0 Å². The predicted molar refractivity (Wildman–Crippen MR) is 69.1 cm³/mol. The van der Waals surface area contributed by atoms with Crippen LogP contribution in [0.25, 0.3) is 0 Å². The molecular weight excluding hydrogens is 228 g/mol. The van der Waals surface area contributed by atoms with Crippen LogP contribution in [0.1, 0.15) is 44.9 Å². The fraction of sp³-hybridized carbons (Fsp3) is 0.929. The predicted octanol–water partition coefficient (Wildman–Crippen LogP) is 0.889. The number of carbonyl (C=O) groups is 1. The maximum absolute atomic E-state index is 12.6. The van der Waals surface area contributed by atoms with Gasteiger partial charge in [0.05, 0.1) is 18.1 Å². The highest BCUT2D eigenvalue weighted by atomic mass is 16.3. The van der Waals surface area contributed by atoms with E-state index in [1.165, 1.54) is 6.42 Å². The molecule has 2 N–H and O–H groups in total. The van der Waals surface area contributed by atoms with Crippen LogP contribution < -0.4 is 5.32 Å². The number of likely N-dealkylation sites (N-methyl/N-ethyl adjacent to an activating group) is 1. The van der Waals surface area contributed by atoms with E-state index < -0.39 is 0 Å². The largest absolute Gasteiger partial charge is 0.391 e. The van der Waals surface area contributed by atoms with E-state index in [1.54, 1.807) is 0 Å². The molecule has 2 aliphatic heterocycles. The van der Waals surface area contributed by atoms with Gasteiger partial charge < -0.3 is 15.3 Å². The Morgan fingerprint density at radius 2 is 2.00 bits per heavy atom. The first-order valence-electron chi connectivity index (χ1n) is 7.37. The van der Waals surface area contributed by atoms with Crippen molar-refractivity contribution in [1.29, 1.82) is 0 Å². The van der Waals surface area contributed by atoms with E-state index in [4.69, 9.17) is 0 Å². The number of hydrogen-bond acceptors (Lipinski definition) is 3. The Kier molecular flexibility index (Phi) is 3.32. The molecule has 0 aromatic heterocycles. The number of fused-ring (bicyclic) bond motifs is 2. The molecule has 2 saturated heterocycles. The monoisotopic (exact) mass is 252 g/mol. The summed E-state index contributed by atoms with van der Waals surface area (Å²) in [5.74, 6) is 0.406. The third-order valence-electron chi connectivity index (χ3n) is 5.16. The molecule has 5 atom stereocenters. The average Bonchev–Trinajstić information content (AvgIpc) is 3.00. The summed E-state index contributed by atoms with van der Waals surface area (Å²) < 4.78 is 0. The number of hydrogen-bond donors (Lipinski definition) is 2. The van der Waals surface area contributed by atoms with E-state index in [9.17, 15) is 9.90 Å². The van der Waals surface area contributed by atoms with Gasteiger partial charge >= 0.3 is 0 Å². The van der Waals surface area contributed by atoms with Crippen LogP contribution >= 0.6 is 0 Å². The van der Waals surface area contributed by atoms with Crippen molar-refractivity contribution in [2.75, 3.05) is 7.05 Å². The first kappa shape index (κ1) is 12.4. The van der Waals surface area contributed by atoms with Crippen LogP contribution in [0.15, 0.2) is 0 Å². The minimum absolute atomic E-state index is 0.0466. The average molecular weight is 252 g/mol. The van der Waals surface area contributed by atoms with Crippen molar-refractivity contribution >= 4 is 5.91 Å². The SMILES string of the molecule is CN(C(=O)C1CC2CCC1N2)C1CCCCC1O. The quantitative estimate of drug-likeness (QED) is 0.767. The Morgan fingerprint density at radius 1 is 1.22 bits per heavy atom. The lowest BCUT2D eigenvalue weighted by atomic mass is 9.86. The van der Waals surface area contributed by atoms with Crippen LogP contribution in [0.3, 0.4) is 0 Å². The summed E-state index contributed by atoms with van der Waals surface area (Å²) in [5, 5.41) is 13.6. The highest BCUT2D eigenvalue weighted by molar-refractivity contribution is 5.80. The van der Waals surface area contributed by atoms with E-state index in [1.807, 2.05) is 11.9 Å². The first-order valence-corrected chi connectivity index (χ1v) is 7.37. The van der Waals surface area contributed by atoms with Crippen molar-refractivity contribution in [2.24, 2.45) is 5.92 Å². The summed E-state index contributed by atoms with van der Waals surface area (Å²) in [6.07, 6.45) is 7.07. The number of nitrogens with zero attached hydrogens (tertiary/aromatic N) is 1. The molecular formula is C14H24N2O2. The van der Waals surface area contributed by atoms with Gasteiger partial charge in [-0.3, -0.25) is 4.79 Å². The number of nitrogens with one attached hydrogen (secondary N) is 1. The number of aliphatic hydroxyl groups is 1. The zero-order valence-electron chi connectivity index (χ0n) is 11.1. The molecule has 3 rings (SSSR count). The molecule has 1 saturated carbocycles. The molecule has 2 bridgehead atoms. The number of amides is 1. The number of rotatable bonds is 2. The van der Waals surface area contributed by atoms with Crippen LogP contribution in [0, 0.1) is 5.92 Å². The van der Waals surface area contributed by atoms with Crippen LogP contribution in [0.5, 0.6) is 0 Å². The highest BCUT2D eigenvalue weighted by Gasteiger charge is 2.45. The van der Waals surface area contributed by atoms with Gasteiger partial charge in [-0.15, -0.1) is 0 Å². The minimum atomic E-state index is -0.320. The molecule has 1 amide bonds. The standard InChI is InChI=1S/C14H24N2O2/c1-16(12-4-2-3-5-13(12)17)14(18)10-8-9-6-7-11(10)15-9/h9-13,15,17H,2-8H2,1H3. The second-order valence-corrected chi connectivity index (χ2v) is 6.26. The Labute approximate surface area is 109 Å². The fourth-order valence-corrected chi connectivity index (χ4v) is 4.07. The van der Waals surface area contributed by atoms with Crippen LogP contribution in [-0.2, 0) is 4.79 Å². The molecule has 4 heteroatoms. The Balaban J connectivity index is 1.64. The highest BCUT2D eigenvalue weighted by Crippen LogP contribution is 2.35. The molecule has 0 radical (unpaired) electrons. The Bertz CT molecular complexity index is 334. The van der Waals surface area contributed by atoms with Gasteiger partial charge in [-0.25, -0.2) is 0 Å². The van der Waals surface area contributed by atoms with Crippen molar-refractivity contribution < 1.29 is 9.90 Å². The summed E-state index contributed by atoms with van der Waals surface area (Å²) in [4.78, 5) is 14.4. The van der Waals surface area contributed by atoms with Crippen molar-refractivity contribution in [3.05, 3.63) is 0 Å². The van der Waals surface area contributed by atoms with Crippen molar-refractivity contribution in [3.8, 4) is 0 Å². The third-order valence-corrected chi connectivity index (χ3v) is 5.16. The second-order valence-electron chi connectivity index (χ2n) is 6.26. The van der Waals surface area contributed by atoms with Gasteiger partial charge in [0, 0.05) is 19.1 Å².